The van der Waals surface area contributed by atoms with Gasteiger partial charge < -0.3 is 20.3 Å². The van der Waals surface area contributed by atoms with Gasteiger partial charge in [-0.2, -0.15) is 0 Å². The first-order chi connectivity index (χ1) is 15.5. The van der Waals surface area contributed by atoms with Crippen LogP contribution in [-0.4, -0.2) is 28.7 Å². The van der Waals surface area contributed by atoms with Crippen LogP contribution in [0.1, 0.15) is 46.3 Å². The second-order valence-corrected chi connectivity index (χ2v) is 7.48. The highest BCUT2D eigenvalue weighted by molar-refractivity contribution is 6.04. The van der Waals surface area contributed by atoms with E-state index in [1.54, 1.807) is 13.0 Å². The molecule has 3 aromatic carbocycles. The van der Waals surface area contributed by atoms with E-state index in [0.717, 1.165) is 16.7 Å². The molecule has 32 heavy (non-hydrogen) atoms. The third-order valence-corrected chi connectivity index (χ3v) is 5.44. The van der Waals surface area contributed by atoms with E-state index in [4.69, 9.17) is 4.74 Å². The maximum absolute atomic E-state index is 12.7. The molecule has 0 fully saturated rings. The monoisotopic (exact) mass is 429 g/mol. The van der Waals surface area contributed by atoms with Crippen LogP contribution in [0.2, 0.25) is 0 Å². The van der Waals surface area contributed by atoms with Crippen LogP contribution in [0.3, 0.4) is 0 Å². The molecule has 6 heteroatoms. The van der Waals surface area contributed by atoms with E-state index in [-0.39, 0.29) is 30.2 Å². The molecule has 0 spiro atoms. The average molecular weight is 429 g/mol. The SMILES string of the molecule is CCOc1cc(C2CC(=O)NC(c3ccccc3)=C2c2ccccc2)cc(O)c1C(=O)O. The van der Waals surface area contributed by atoms with Gasteiger partial charge in [-0.3, -0.25) is 4.79 Å². The minimum absolute atomic E-state index is 0.0784. The van der Waals surface area contributed by atoms with Crippen molar-refractivity contribution >= 4 is 23.1 Å². The Hall–Kier alpha value is -4.06. The van der Waals surface area contributed by atoms with Crippen LogP contribution in [0.5, 0.6) is 11.5 Å². The fourth-order valence-electron chi connectivity index (χ4n) is 4.11. The second kappa shape index (κ2) is 8.98. The number of aromatic hydroxyl groups is 1. The van der Waals surface area contributed by atoms with Gasteiger partial charge in [0.05, 0.1) is 12.3 Å². The van der Waals surface area contributed by atoms with Crippen molar-refractivity contribution in [1.82, 2.24) is 5.32 Å². The lowest BCUT2D eigenvalue weighted by Crippen LogP contribution is -2.31. The number of amides is 1. The van der Waals surface area contributed by atoms with Crippen molar-refractivity contribution in [3.05, 3.63) is 95.1 Å². The van der Waals surface area contributed by atoms with Crippen LogP contribution < -0.4 is 10.1 Å². The quantitative estimate of drug-likeness (QED) is 0.530. The highest BCUT2D eigenvalue weighted by Crippen LogP contribution is 2.44. The van der Waals surface area contributed by atoms with Gasteiger partial charge in [-0.15, -0.1) is 0 Å². The Morgan fingerprint density at radius 1 is 1.03 bits per heavy atom. The Morgan fingerprint density at radius 3 is 2.25 bits per heavy atom. The standard InChI is InChI=1S/C26H23NO5/c1-2-32-21-14-18(13-20(28)24(21)26(30)31)19-15-22(29)27-25(17-11-7-4-8-12-17)23(19)16-9-5-3-6-10-16/h3-14,19,28H,2,15H2,1H3,(H,27,29)(H,30,31). The largest absolute Gasteiger partial charge is 0.507 e. The number of carbonyl (C=O) groups excluding carboxylic acids is 1. The van der Waals surface area contributed by atoms with Crippen molar-refractivity contribution in [1.29, 1.82) is 0 Å². The Kier molecular flexibility index (Phi) is 5.94. The van der Waals surface area contributed by atoms with E-state index in [9.17, 15) is 19.8 Å². The van der Waals surface area contributed by atoms with Gasteiger partial charge in [-0.1, -0.05) is 60.7 Å². The predicted molar refractivity (Wildman–Crippen MR) is 121 cm³/mol. The number of carboxylic acids is 1. The van der Waals surface area contributed by atoms with Crippen molar-refractivity contribution in [3.63, 3.8) is 0 Å². The van der Waals surface area contributed by atoms with Gasteiger partial charge in [-0.05, 0) is 41.3 Å². The number of phenols is 1. The first kappa shape index (κ1) is 21.2. The number of nitrogens with one attached hydrogen (secondary N) is 1. The first-order valence-corrected chi connectivity index (χ1v) is 10.4. The van der Waals surface area contributed by atoms with Gasteiger partial charge in [0.2, 0.25) is 5.91 Å². The van der Waals surface area contributed by atoms with Crippen molar-refractivity contribution in [2.45, 2.75) is 19.3 Å². The maximum Gasteiger partial charge on any atom is 0.343 e. The summed E-state index contributed by atoms with van der Waals surface area (Å²) in [6.45, 7) is 1.98. The summed E-state index contributed by atoms with van der Waals surface area (Å²) in [5.41, 5.74) is 3.69. The number of hydrogen-bond donors (Lipinski definition) is 3. The van der Waals surface area contributed by atoms with Gasteiger partial charge in [0.1, 0.15) is 17.1 Å². The summed E-state index contributed by atoms with van der Waals surface area (Å²) >= 11 is 0. The summed E-state index contributed by atoms with van der Waals surface area (Å²) in [6, 6.07) is 22.3. The lowest BCUT2D eigenvalue weighted by atomic mass is 9.79. The molecule has 3 aromatic rings. The molecule has 0 aliphatic carbocycles. The van der Waals surface area contributed by atoms with Gasteiger partial charge in [0.25, 0.3) is 0 Å². The van der Waals surface area contributed by atoms with E-state index < -0.39 is 17.6 Å². The molecule has 0 saturated carbocycles. The second-order valence-electron chi connectivity index (χ2n) is 7.48. The molecule has 0 bridgehead atoms. The molecule has 1 aliphatic heterocycles. The summed E-state index contributed by atoms with van der Waals surface area (Å²) in [6.07, 6.45) is 0.151. The van der Waals surface area contributed by atoms with E-state index in [1.165, 1.54) is 6.07 Å². The molecule has 1 heterocycles. The number of carboxylic acid groups (broad SMARTS) is 1. The number of aromatic carboxylic acids is 1. The Bertz CT molecular complexity index is 1190. The van der Waals surface area contributed by atoms with Gasteiger partial charge in [0.15, 0.2) is 0 Å². The highest BCUT2D eigenvalue weighted by Gasteiger charge is 2.32. The van der Waals surface area contributed by atoms with Crippen LogP contribution in [0, 0.1) is 0 Å². The molecule has 6 nitrogen and oxygen atoms in total. The molecule has 1 atom stereocenters. The smallest absolute Gasteiger partial charge is 0.343 e. The zero-order chi connectivity index (χ0) is 22.7. The lowest BCUT2D eigenvalue weighted by molar-refractivity contribution is -0.120. The predicted octanol–water partition coefficient (Wildman–Crippen LogP) is 4.66. The molecule has 0 aromatic heterocycles. The van der Waals surface area contributed by atoms with Crippen molar-refractivity contribution < 1.29 is 24.5 Å². The molecule has 4 rings (SSSR count). The third-order valence-electron chi connectivity index (χ3n) is 5.44. The Labute approximate surface area is 185 Å². The topological polar surface area (TPSA) is 95.9 Å². The van der Waals surface area contributed by atoms with Gasteiger partial charge >= 0.3 is 5.97 Å². The van der Waals surface area contributed by atoms with Crippen LogP contribution in [0.15, 0.2) is 72.8 Å². The number of ether oxygens (including phenoxy) is 1. The molecule has 1 amide bonds. The summed E-state index contributed by atoms with van der Waals surface area (Å²) in [5.74, 6) is -2.15. The molecule has 1 unspecified atom stereocenters. The van der Waals surface area contributed by atoms with E-state index >= 15 is 0 Å². The van der Waals surface area contributed by atoms with E-state index in [0.29, 0.717) is 11.3 Å². The zero-order valence-corrected chi connectivity index (χ0v) is 17.5. The third kappa shape index (κ3) is 4.07. The van der Waals surface area contributed by atoms with Crippen molar-refractivity contribution in [2.24, 2.45) is 0 Å². The fourth-order valence-corrected chi connectivity index (χ4v) is 4.11. The van der Waals surface area contributed by atoms with E-state index in [1.807, 2.05) is 60.7 Å². The van der Waals surface area contributed by atoms with Crippen LogP contribution in [-0.2, 0) is 4.79 Å². The molecule has 0 radical (unpaired) electrons. The molecule has 0 saturated heterocycles. The fraction of sp³-hybridized carbons (Fsp3) is 0.154. The number of carbonyl (C=O) groups is 2. The zero-order valence-electron chi connectivity index (χ0n) is 17.5. The number of rotatable bonds is 6. The lowest BCUT2D eigenvalue weighted by Gasteiger charge is -2.30. The number of hydrogen-bond acceptors (Lipinski definition) is 4. The van der Waals surface area contributed by atoms with E-state index in [2.05, 4.69) is 5.32 Å². The minimum Gasteiger partial charge on any atom is -0.507 e. The number of benzene rings is 3. The maximum atomic E-state index is 12.7. The molecule has 1 aliphatic rings. The first-order valence-electron chi connectivity index (χ1n) is 10.4. The minimum atomic E-state index is -1.28. The van der Waals surface area contributed by atoms with Gasteiger partial charge in [0, 0.05) is 12.3 Å². The van der Waals surface area contributed by atoms with Crippen LogP contribution in [0.4, 0.5) is 0 Å². The molecular formula is C26H23NO5. The summed E-state index contributed by atoms with van der Waals surface area (Å²) in [7, 11) is 0. The van der Waals surface area contributed by atoms with Crippen LogP contribution >= 0.6 is 0 Å². The molecule has 3 N–H and O–H groups in total. The van der Waals surface area contributed by atoms with Crippen LogP contribution in [0.25, 0.3) is 11.3 Å². The highest BCUT2D eigenvalue weighted by atomic mass is 16.5. The summed E-state index contributed by atoms with van der Waals surface area (Å²) in [5, 5.41) is 23.1. The summed E-state index contributed by atoms with van der Waals surface area (Å²) < 4.78 is 5.53. The molecular weight excluding hydrogens is 406 g/mol. The number of allylic oxidation sites excluding steroid dienone is 1. The Balaban J connectivity index is 1.96. The van der Waals surface area contributed by atoms with Crippen molar-refractivity contribution in [2.75, 3.05) is 6.61 Å². The Morgan fingerprint density at radius 2 is 1.66 bits per heavy atom. The molecule has 162 valence electrons. The normalized spacial score (nSPS) is 15.9. The summed E-state index contributed by atoms with van der Waals surface area (Å²) in [4.78, 5) is 24.4. The van der Waals surface area contributed by atoms with Crippen molar-refractivity contribution in [3.8, 4) is 11.5 Å². The van der Waals surface area contributed by atoms with Gasteiger partial charge in [-0.25, -0.2) is 4.79 Å². The average Bonchev–Trinajstić information content (AvgIpc) is 2.79.